The van der Waals surface area contributed by atoms with Crippen molar-refractivity contribution in [1.82, 2.24) is 15.1 Å². The van der Waals surface area contributed by atoms with Crippen molar-refractivity contribution in [3.63, 3.8) is 0 Å². The van der Waals surface area contributed by atoms with Crippen LogP contribution in [0.5, 0.6) is 0 Å². The Morgan fingerprint density at radius 2 is 2.10 bits per heavy atom. The van der Waals surface area contributed by atoms with E-state index < -0.39 is 0 Å². The fraction of sp³-hybridized carbons (Fsp3) is 0.714. The van der Waals surface area contributed by atoms with Gasteiger partial charge >= 0.3 is 0 Å². The lowest BCUT2D eigenvalue weighted by atomic mass is 9.95. The standard InChI is InChI=1S/C21H35N5O2.HI/c1-2-23-21(26-12-6-8-17(16-26)14-20(22)27)24-15-18(19-9-7-13-28-19)25-10-4-3-5-11-25;/h7,9,13,17-18H,2-6,8,10-12,14-16H2,1H3,(H2,22,27)(H,23,24);1H. The van der Waals surface area contributed by atoms with E-state index in [0.717, 1.165) is 57.3 Å². The molecule has 8 heteroatoms. The Morgan fingerprint density at radius 3 is 2.76 bits per heavy atom. The summed E-state index contributed by atoms with van der Waals surface area (Å²) >= 11 is 0. The third-order valence-electron chi connectivity index (χ3n) is 5.76. The molecule has 1 aromatic rings. The maximum Gasteiger partial charge on any atom is 0.217 e. The van der Waals surface area contributed by atoms with Crippen molar-refractivity contribution in [3.8, 4) is 0 Å². The summed E-state index contributed by atoms with van der Waals surface area (Å²) in [5.74, 6) is 2.03. The smallest absolute Gasteiger partial charge is 0.217 e. The molecule has 164 valence electrons. The Morgan fingerprint density at radius 1 is 1.31 bits per heavy atom. The molecule has 1 amide bonds. The van der Waals surface area contributed by atoms with Crippen LogP contribution in [0.2, 0.25) is 0 Å². The van der Waals surface area contributed by atoms with Crippen LogP contribution in [0, 0.1) is 5.92 Å². The first-order valence-corrected chi connectivity index (χ1v) is 10.8. The summed E-state index contributed by atoms with van der Waals surface area (Å²) in [6.07, 6.45) is 8.11. The Bertz CT molecular complexity index is 631. The molecular weight excluding hydrogens is 481 g/mol. The van der Waals surface area contributed by atoms with E-state index in [9.17, 15) is 4.79 Å². The van der Waals surface area contributed by atoms with Crippen LogP contribution in [0.25, 0.3) is 0 Å². The molecule has 0 radical (unpaired) electrons. The highest BCUT2D eigenvalue weighted by molar-refractivity contribution is 14.0. The van der Waals surface area contributed by atoms with Crippen LogP contribution in [-0.2, 0) is 4.79 Å². The number of piperidine rings is 2. The van der Waals surface area contributed by atoms with E-state index in [4.69, 9.17) is 15.1 Å². The number of aliphatic imine (C=N–C) groups is 1. The average Bonchev–Trinajstić information content (AvgIpc) is 3.22. The largest absolute Gasteiger partial charge is 0.468 e. The van der Waals surface area contributed by atoms with Crippen LogP contribution < -0.4 is 11.1 Å². The number of amides is 1. The minimum Gasteiger partial charge on any atom is -0.468 e. The number of hydrogen-bond acceptors (Lipinski definition) is 4. The monoisotopic (exact) mass is 517 g/mol. The summed E-state index contributed by atoms with van der Waals surface area (Å²) in [5, 5.41) is 3.44. The number of carbonyl (C=O) groups is 1. The van der Waals surface area contributed by atoms with Crippen LogP contribution >= 0.6 is 24.0 Å². The third kappa shape index (κ3) is 7.16. The lowest BCUT2D eigenvalue weighted by Gasteiger charge is -2.36. The molecule has 3 heterocycles. The molecule has 0 bridgehead atoms. The topological polar surface area (TPSA) is 87.1 Å². The second kappa shape index (κ2) is 12.4. The summed E-state index contributed by atoms with van der Waals surface area (Å²) in [6.45, 7) is 7.59. The van der Waals surface area contributed by atoms with E-state index in [-0.39, 0.29) is 35.9 Å². The molecule has 29 heavy (non-hydrogen) atoms. The maximum atomic E-state index is 11.3. The third-order valence-corrected chi connectivity index (χ3v) is 5.76. The maximum absolute atomic E-state index is 11.3. The summed E-state index contributed by atoms with van der Waals surface area (Å²) in [6, 6.07) is 4.20. The Hall–Kier alpha value is -1.29. The van der Waals surface area contributed by atoms with Gasteiger partial charge in [-0.05, 0) is 63.7 Å². The lowest BCUT2D eigenvalue weighted by Crippen LogP contribution is -2.47. The lowest BCUT2D eigenvalue weighted by molar-refractivity contribution is -0.119. The van der Waals surface area contributed by atoms with Gasteiger partial charge in [0.1, 0.15) is 5.76 Å². The number of guanidine groups is 1. The Labute approximate surface area is 191 Å². The zero-order valence-electron chi connectivity index (χ0n) is 17.5. The summed E-state index contributed by atoms with van der Waals surface area (Å²) in [5.41, 5.74) is 5.42. The normalized spacial score (nSPS) is 22.0. The van der Waals surface area contributed by atoms with Gasteiger partial charge in [-0.3, -0.25) is 14.7 Å². The highest BCUT2D eigenvalue weighted by atomic mass is 127. The minimum atomic E-state index is -0.211. The van der Waals surface area contributed by atoms with Crippen LogP contribution in [0.3, 0.4) is 0 Å². The summed E-state index contributed by atoms with van der Waals surface area (Å²) in [4.78, 5) is 21.1. The molecule has 0 saturated carbocycles. The molecule has 3 N–H and O–H groups in total. The second-order valence-corrected chi connectivity index (χ2v) is 7.95. The zero-order valence-corrected chi connectivity index (χ0v) is 19.8. The Kier molecular flexibility index (Phi) is 10.3. The van der Waals surface area contributed by atoms with Crippen molar-refractivity contribution >= 4 is 35.8 Å². The van der Waals surface area contributed by atoms with Gasteiger partial charge in [0.2, 0.25) is 5.91 Å². The van der Waals surface area contributed by atoms with Gasteiger partial charge in [-0.15, -0.1) is 24.0 Å². The first-order chi connectivity index (χ1) is 13.7. The zero-order chi connectivity index (χ0) is 19.8. The molecule has 2 aliphatic heterocycles. The number of likely N-dealkylation sites (tertiary alicyclic amines) is 2. The number of hydrogen-bond donors (Lipinski definition) is 2. The number of nitrogens with zero attached hydrogens (tertiary/aromatic N) is 3. The van der Waals surface area contributed by atoms with Crippen LogP contribution in [0.4, 0.5) is 0 Å². The molecule has 7 nitrogen and oxygen atoms in total. The number of carbonyl (C=O) groups excluding carboxylic acids is 1. The number of halogens is 1. The van der Waals surface area contributed by atoms with E-state index in [0.29, 0.717) is 18.9 Å². The number of primary amides is 1. The fourth-order valence-electron chi connectivity index (χ4n) is 4.40. The van der Waals surface area contributed by atoms with Gasteiger partial charge in [-0.2, -0.15) is 0 Å². The molecule has 0 aliphatic carbocycles. The SMILES string of the molecule is CCNC(=NCC(c1ccco1)N1CCCCC1)N1CCCC(CC(N)=O)C1.I. The number of rotatable bonds is 7. The van der Waals surface area contributed by atoms with Crippen molar-refractivity contribution in [1.29, 1.82) is 0 Å². The van der Waals surface area contributed by atoms with Crippen molar-refractivity contribution in [3.05, 3.63) is 24.2 Å². The molecule has 2 unspecified atom stereocenters. The van der Waals surface area contributed by atoms with E-state index >= 15 is 0 Å². The van der Waals surface area contributed by atoms with E-state index in [2.05, 4.69) is 28.1 Å². The van der Waals surface area contributed by atoms with Crippen molar-refractivity contribution in [2.24, 2.45) is 16.6 Å². The summed E-state index contributed by atoms with van der Waals surface area (Å²) in [7, 11) is 0. The molecule has 2 saturated heterocycles. The predicted molar refractivity (Wildman–Crippen MR) is 126 cm³/mol. The van der Waals surface area contributed by atoms with Gasteiger partial charge in [0.15, 0.2) is 5.96 Å². The van der Waals surface area contributed by atoms with Gasteiger partial charge in [-0.25, -0.2) is 0 Å². The molecule has 2 atom stereocenters. The van der Waals surface area contributed by atoms with E-state index in [1.54, 1.807) is 6.26 Å². The van der Waals surface area contributed by atoms with Crippen molar-refractivity contribution in [2.45, 2.75) is 51.5 Å². The molecule has 2 fully saturated rings. The molecule has 2 aliphatic rings. The van der Waals surface area contributed by atoms with Crippen LogP contribution in [-0.4, -0.2) is 60.9 Å². The highest BCUT2D eigenvalue weighted by Gasteiger charge is 2.26. The van der Waals surface area contributed by atoms with Crippen LogP contribution in [0.15, 0.2) is 27.8 Å². The molecule has 1 aromatic heterocycles. The fourth-order valence-corrected chi connectivity index (χ4v) is 4.40. The predicted octanol–water partition coefficient (Wildman–Crippen LogP) is 2.98. The van der Waals surface area contributed by atoms with Gasteiger partial charge in [0.25, 0.3) is 0 Å². The van der Waals surface area contributed by atoms with E-state index in [1.165, 1.54) is 19.3 Å². The van der Waals surface area contributed by atoms with E-state index in [1.807, 2.05) is 6.07 Å². The average molecular weight is 517 g/mol. The molecule has 3 rings (SSSR count). The molecule has 0 aromatic carbocycles. The van der Waals surface area contributed by atoms with Crippen molar-refractivity contribution < 1.29 is 9.21 Å². The first-order valence-electron chi connectivity index (χ1n) is 10.8. The second-order valence-electron chi connectivity index (χ2n) is 7.95. The number of nitrogens with two attached hydrogens (primary N) is 1. The van der Waals surface area contributed by atoms with Crippen molar-refractivity contribution in [2.75, 3.05) is 39.3 Å². The molecular formula is C21H36IN5O2. The highest BCUT2D eigenvalue weighted by Crippen LogP contribution is 2.26. The Balaban J connectivity index is 0.00000300. The van der Waals surface area contributed by atoms with Gasteiger partial charge in [-0.1, -0.05) is 6.42 Å². The number of furan rings is 1. The minimum absolute atomic E-state index is 0. The number of nitrogens with one attached hydrogen (secondary N) is 1. The quantitative estimate of drug-likeness (QED) is 0.330. The molecule has 0 spiro atoms. The first kappa shape index (κ1) is 24.0. The summed E-state index contributed by atoms with van der Waals surface area (Å²) < 4.78 is 5.75. The van der Waals surface area contributed by atoms with Crippen LogP contribution in [0.1, 0.15) is 57.3 Å². The van der Waals surface area contributed by atoms with Gasteiger partial charge in [0, 0.05) is 26.1 Å². The van der Waals surface area contributed by atoms with Gasteiger partial charge in [0.05, 0.1) is 18.8 Å². The van der Waals surface area contributed by atoms with Gasteiger partial charge < -0.3 is 20.4 Å².